The normalized spacial score (nSPS) is 12.1. The van der Waals surface area contributed by atoms with Gasteiger partial charge in [0.1, 0.15) is 11.9 Å². The number of nitrogens with zero attached hydrogens (tertiary/aromatic N) is 3. The molecular formula is C23H26ClN3O4. The highest BCUT2D eigenvalue weighted by Crippen LogP contribution is 2.26. The third-order valence-corrected chi connectivity index (χ3v) is 5.09. The number of methoxy groups -OCH3 is 1. The summed E-state index contributed by atoms with van der Waals surface area (Å²) in [5, 5.41) is 8.68. The summed E-state index contributed by atoms with van der Waals surface area (Å²) in [7, 11) is 1.61. The van der Waals surface area contributed by atoms with Gasteiger partial charge in [-0.1, -0.05) is 35.9 Å². The van der Waals surface area contributed by atoms with Crippen LogP contribution >= 0.6 is 11.6 Å². The van der Waals surface area contributed by atoms with Gasteiger partial charge in [-0.25, -0.2) is 0 Å². The van der Waals surface area contributed by atoms with E-state index in [1.165, 1.54) is 0 Å². The van der Waals surface area contributed by atoms with Crippen LogP contribution in [0.4, 0.5) is 0 Å². The second-order valence-electron chi connectivity index (χ2n) is 7.35. The van der Waals surface area contributed by atoms with Crippen molar-refractivity contribution in [2.75, 3.05) is 7.11 Å². The van der Waals surface area contributed by atoms with Crippen molar-refractivity contribution in [2.45, 2.75) is 46.1 Å². The number of ether oxygens (including phenoxy) is 2. The fourth-order valence-electron chi connectivity index (χ4n) is 3.01. The van der Waals surface area contributed by atoms with Crippen LogP contribution in [0.5, 0.6) is 5.75 Å². The SMILES string of the molecule is COc1cccc(COC(C)C(=O)N(Cc2nnc(-c3ccccc3Cl)o2)C(C)C)c1. The van der Waals surface area contributed by atoms with Gasteiger partial charge in [0.25, 0.3) is 5.91 Å². The first-order valence-electron chi connectivity index (χ1n) is 10.0. The topological polar surface area (TPSA) is 77.7 Å². The van der Waals surface area contributed by atoms with E-state index in [1.54, 1.807) is 31.1 Å². The zero-order chi connectivity index (χ0) is 22.4. The van der Waals surface area contributed by atoms with Crippen LogP contribution in [0.1, 0.15) is 32.2 Å². The van der Waals surface area contributed by atoms with Crippen LogP contribution in [0.2, 0.25) is 5.02 Å². The van der Waals surface area contributed by atoms with Crippen molar-refractivity contribution in [1.29, 1.82) is 0 Å². The molecule has 1 atom stereocenters. The molecule has 3 rings (SSSR count). The summed E-state index contributed by atoms with van der Waals surface area (Å²) in [5.41, 5.74) is 1.58. The molecule has 1 heterocycles. The largest absolute Gasteiger partial charge is 0.497 e. The molecule has 164 valence electrons. The Morgan fingerprint density at radius 1 is 1.13 bits per heavy atom. The molecule has 8 heteroatoms. The molecular weight excluding hydrogens is 418 g/mol. The summed E-state index contributed by atoms with van der Waals surface area (Å²) >= 11 is 6.20. The fourth-order valence-corrected chi connectivity index (χ4v) is 3.23. The zero-order valence-electron chi connectivity index (χ0n) is 18.0. The molecule has 1 unspecified atom stereocenters. The third kappa shape index (κ3) is 5.83. The number of benzene rings is 2. The van der Waals surface area contributed by atoms with E-state index in [1.807, 2.05) is 50.2 Å². The summed E-state index contributed by atoms with van der Waals surface area (Å²) in [6.07, 6.45) is -0.639. The molecule has 0 spiro atoms. The van der Waals surface area contributed by atoms with Crippen LogP contribution in [0, 0.1) is 0 Å². The van der Waals surface area contributed by atoms with Crippen LogP contribution in [0.3, 0.4) is 0 Å². The molecule has 0 fully saturated rings. The Balaban J connectivity index is 1.66. The number of aromatic nitrogens is 2. The summed E-state index contributed by atoms with van der Waals surface area (Å²) in [5.74, 6) is 1.24. The van der Waals surface area contributed by atoms with Crippen LogP contribution in [-0.2, 0) is 22.7 Å². The molecule has 0 saturated carbocycles. The number of hydrogen-bond donors (Lipinski definition) is 0. The van der Waals surface area contributed by atoms with Crippen molar-refractivity contribution >= 4 is 17.5 Å². The van der Waals surface area contributed by atoms with E-state index < -0.39 is 6.10 Å². The van der Waals surface area contributed by atoms with E-state index in [9.17, 15) is 4.79 Å². The van der Waals surface area contributed by atoms with Gasteiger partial charge in [-0.3, -0.25) is 4.79 Å². The van der Waals surface area contributed by atoms with E-state index in [4.69, 9.17) is 25.5 Å². The Morgan fingerprint density at radius 3 is 2.61 bits per heavy atom. The Labute approximate surface area is 186 Å². The van der Waals surface area contributed by atoms with Gasteiger partial charge < -0.3 is 18.8 Å². The van der Waals surface area contributed by atoms with Crippen molar-refractivity contribution in [3.63, 3.8) is 0 Å². The van der Waals surface area contributed by atoms with Gasteiger partial charge in [0.05, 0.1) is 30.8 Å². The number of amides is 1. The molecule has 2 aromatic carbocycles. The first-order valence-corrected chi connectivity index (χ1v) is 10.4. The van der Waals surface area contributed by atoms with Crippen molar-refractivity contribution in [2.24, 2.45) is 0 Å². The smallest absolute Gasteiger partial charge is 0.252 e. The molecule has 31 heavy (non-hydrogen) atoms. The maximum atomic E-state index is 13.0. The van der Waals surface area contributed by atoms with Crippen LogP contribution in [-0.4, -0.2) is 40.3 Å². The standard InChI is InChI=1S/C23H26ClN3O4/c1-15(2)27(13-21-25-26-22(31-21)19-10-5-6-11-20(19)24)23(28)16(3)30-14-17-8-7-9-18(12-17)29-4/h5-12,15-16H,13-14H2,1-4H3. The minimum Gasteiger partial charge on any atom is -0.497 e. The molecule has 0 aliphatic carbocycles. The Hall–Kier alpha value is -2.90. The van der Waals surface area contributed by atoms with Crippen molar-refractivity contribution in [3.8, 4) is 17.2 Å². The van der Waals surface area contributed by atoms with Crippen LogP contribution in [0.25, 0.3) is 11.5 Å². The number of halogens is 1. The highest BCUT2D eigenvalue weighted by atomic mass is 35.5. The molecule has 0 saturated heterocycles. The number of rotatable bonds is 9. The predicted molar refractivity (Wildman–Crippen MR) is 118 cm³/mol. The molecule has 0 radical (unpaired) electrons. The molecule has 0 N–H and O–H groups in total. The highest BCUT2D eigenvalue weighted by molar-refractivity contribution is 6.33. The lowest BCUT2D eigenvalue weighted by molar-refractivity contribution is -0.146. The Kier molecular flexibility index (Phi) is 7.65. The van der Waals surface area contributed by atoms with Gasteiger partial charge in [0.2, 0.25) is 11.8 Å². The highest BCUT2D eigenvalue weighted by Gasteiger charge is 2.26. The average Bonchev–Trinajstić information content (AvgIpc) is 3.24. The number of carbonyl (C=O) groups is 1. The zero-order valence-corrected chi connectivity index (χ0v) is 18.8. The predicted octanol–water partition coefficient (Wildman–Crippen LogP) is 4.74. The third-order valence-electron chi connectivity index (χ3n) is 4.77. The molecule has 7 nitrogen and oxygen atoms in total. The lowest BCUT2D eigenvalue weighted by Crippen LogP contribution is -2.42. The van der Waals surface area contributed by atoms with Gasteiger partial charge in [-0.15, -0.1) is 10.2 Å². The van der Waals surface area contributed by atoms with Gasteiger partial charge in [0.15, 0.2) is 0 Å². The van der Waals surface area contributed by atoms with E-state index >= 15 is 0 Å². The van der Waals surface area contributed by atoms with Crippen LogP contribution < -0.4 is 4.74 Å². The van der Waals surface area contributed by atoms with Gasteiger partial charge in [-0.2, -0.15) is 0 Å². The fraction of sp³-hybridized carbons (Fsp3) is 0.348. The first kappa shape index (κ1) is 22.8. The van der Waals surface area contributed by atoms with Crippen molar-refractivity contribution < 1.29 is 18.7 Å². The lowest BCUT2D eigenvalue weighted by Gasteiger charge is -2.28. The van der Waals surface area contributed by atoms with Gasteiger partial charge >= 0.3 is 0 Å². The molecule has 1 amide bonds. The van der Waals surface area contributed by atoms with Crippen LogP contribution in [0.15, 0.2) is 52.9 Å². The summed E-state index contributed by atoms with van der Waals surface area (Å²) < 4.78 is 16.8. The number of carbonyl (C=O) groups excluding carboxylic acids is 1. The van der Waals surface area contributed by atoms with Gasteiger partial charge in [-0.05, 0) is 50.6 Å². The van der Waals surface area contributed by atoms with E-state index in [0.29, 0.717) is 29.0 Å². The molecule has 1 aromatic heterocycles. The average molecular weight is 444 g/mol. The van der Waals surface area contributed by atoms with E-state index in [-0.39, 0.29) is 18.5 Å². The van der Waals surface area contributed by atoms with E-state index in [0.717, 1.165) is 11.3 Å². The monoisotopic (exact) mass is 443 g/mol. The lowest BCUT2D eigenvalue weighted by atomic mass is 10.2. The quantitative estimate of drug-likeness (QED) is 0.475. The van der Waals surface area contributed by atoms with Gasteiger partial charge in [0, 0.05) is 6.04 Å². The first-order chi connectivity index (χ1) is 14.9. The Morgan fingerprint density at radius 2 is 1.90 bits per heavy atom. The van der Waals surface area contributed by atoms with Crippen molar-refractivity contribution in [1.82, 2.24) is 15.1 Å². The molecule has 0 bridgehead atoms. The van der Waals surface area contributed by atoms with Crippen molar-refractivity contribution in [3.05, 3.63) is 65.0 Å². The second-order valence-corrected chi connectivity index (χ2v) is 7.75. The minimum atomic E-state index is -0.639. The maximum absolute atomic E-state index is 13.0. The Bertz CT molecular complexity index is 1020. The summed E-state index contributed by atoms with van der Waals surface area (Å²) in [4.78, 5) is 14.7. The summed E-state index contributed by atoms with van der Waals surface area (Å²) in [6.45, 7) is 6.07. The second kappa shape index (κ2) is 10.4. The minimum absolute atomic E-state index is 0.0777. The molecule has 0 aliphatic rings. The maximum Gasteiger partial charge on any atom is 0.252 e. The number of hydrogen-bond acceptors (Lipinski definition) is 6. The van der Waals surface area contributed by atoms with E-state index in [2.05, 4.69) is 10.2 Å². The molecule has 3 aromatic rings. The molecule has 0 aliphatic heterocycles. The summed E-state index contributed by atoms with van der Waals surface area (Å²) in [6, 6.07) is 14.7.